The number of aryl methyl sites for hydroxylation is 1. The second-order valence-corrected chi connectivity index (χ2v) is 4.34. The molecule has 0 bridgehead atoms. The molecule has 0 atom stereocenters. The fourth-order valence-corrected chi connectivity index (χ4v) is 2.09. The summed E-state index contributed by atoms with van der Waals surface area (Å²) in [6.07, 6.45) is 7.68. The number of para-hydroxylation sites is 1. The van der Waals surface area contributed by atoms with Crippen LogP contribution in [0.5, 0.6) is 0 Å². The first-order valence-corrected chi connectivity index (χ1v) is 6.07. The van der Waals surface area contributed by atoms with Crippen molar-refractivity contribution in [2.75, 3.05) is 0 Å². The van der Waals surface area contributed by atoms with Gasteiger partial charge in [0.2, 0.25) is 0 Å². The van der Waals surface area contributed by atoms with Crippen molar-refractivity contribution in [3.8, 4) is 0 Å². The summed E-state index contributed by atoms with van der Waals surface area (Å²) in [5, 5.41) is 1.27. The lowest BCUT2D eigenvalue weighted by Crippen LogP contribution is -1.94. The minimum atomic E-state index is 0.0955. The number of rotatable bonds is 5. The molecule has 2 nitrogen and oxygen atoms in total. The van der Waals surface area contributed by atoms with Gasteiger partial charge in [-0.3, -0.25) is 4.79 Å². The number of allylic oxidation sites excluding steroid dienone is 3. The van der Waals surface area contributed by atoms with Crippen molar-refractivity contribution in [3.63, 3.8) is 0 Å². The number of aromatic nitrogens is 1. The molecule has 0 unspecified atom stereocenters. The number of benzene rings is 1. The highest BCUT2D eigenvalue weighted by molar-refractivity contribution is 5.90. The Bertz CT molecular complexity index is 605. The molecule has 1 aromatic heterocycles. The van der Waals surface area contributed by atoms with Crippen molar-refractivity contribution < 1.29 is 4.79 Å². The molecule has 0 saturated carbocycles. The van der Waals surface area contributed by atoms with Crippen LogP contribution in [0, 0.1) is 6.92 Å². The predicted molar refractivity (Wildman–Crippen MR) is 75.6 cm³/mol. The average Bonchev–Trinajstić information content (AvgIpc) is 2.68. The van der Waals surface area contributed by atoms with Crippen LogP contribution in [-0.2, 0) is 11.3 Å². The zero-order chi connectivity index (χ0) is 13.0. The molecule has 0 saturated heterocycles. The van der Waals surface area contributed by atoms with E-state index in [0.717, 1.165) is 6.54 Å². The topological polar surface area (TPSA) is 22.0 Å². The van der Waals surface area contributed by atoms with E-state index in [1.165, 1.54) is 16.5 Å². The van der Waals surface area contributed by atoms with E-state index in [4.69, 9.17) is 0 Å². The van der Waals surface area contributed by atoms with Gasteiger partial charge in [-0.15, -0.1) is 6.58 Å². The van der Waals surface area contributed by atoms with Gasteiger partial charge in [-0.1, -0.05) is 30.4 Å². The van der Waals surface area contributed by atoms with Crippen LogP contribution >= 0.6 is 0 Å². The third-order valence-corrected chi connectivity index (χ3v) is 2.94. The number of nitrogens with zero attached hydrogens (tertiary/aromatic N) is 1. The fourth-order valence-electron chi connectivity index (χ4n) is 2.09. The molecule has 2 aromatic rings. The highest BCUT2D eigenvalue weighted by atomic mass is 16.1. The number of hydrogen-bond donors (Lipinski definition) is 0. The van der Waals surface area contributed by atoms with Crippen LogP contribution in [0.15, 0.2) is 55.3 Å². The van der Waals surface area contributed by atoms with E-state index in [1.54, 1.807) is 12.2 Å². The van der Waals surface area contributed by atoms with Crippen molar-refractivity contribution >= 4 is 16.7 Å². The van der Waals surface area contributed by atoms with Crippen molar-refractivity contribution in [1.29, 1.82) is 0 Å². The maximum Gasteiger partial charge on any atom is 0.159 e. The van der Waals surface area contributed by atoms with Crippen LogP contribution in [0.4, 0.5) is 0 Å². The molecule has 0 fully saturated rings. The molecule has 0 amide bonds. The maximum atomic E-state index is 11.3. The molecule has 2 heteroatoms. The van der Waals surface area contributed by atoms with E-state index >= 15 is 0 Å². The normalized spacial score (nSPS) is 11.2. The summed E-state index contributed by atoms with van der Waals surface area (Å²) in [4.78, 5) is 11.3. The first-order chi connectivity index (χ1) is 8.72. The number of fused-ring (bicyclic) bond motifs is 1. The molecular weight excluding hydrogens is 222 g/mol. The number of ketones is 1. The molecule has 0 aliphatic rings. The Morgan fingerprint density at radius 1 is 1.39 bits per heavy atom. The summed E-state index contributed by atoms with van der Waals surface area (Å²) in [5.74, 6) is 0.0955. The minimum Gasteiger partial charge on any atom is -0.343 e. The van der Waals surface area contributed by atoms with Gasteiger partial charge in [-0.05, 0) is 24.6 Å². The third-order valence-electron chi connectivity index (χ3n) is 2.94. The third kappa shape index (κ3) is 2.59. The van der Waals surface area contributed by atoms with Crippen LogP contribution in [0.3, 0.4) is 0 Å². The number of hydrogen-bond acceptors (Lipinski definition) is 1. The van der Waals surface area contributed by atoms with Crippen LogP contribution in [0.1, 0.15) is 12.0 Å². The first-order valence-electron chi connectivity index (χ1n) is 6.07. The van der Waals surface area contributed by atoms with E-state index in [-0.39, 0.29) is 5.78 Å². The Hall–Kier alpha value is -2.09. The molecule has 2 rings (SSSR count). The van der Waals surface area contributed by atoms with Crippen molar-refractivity contribution in [1.82, 2.24) is 4.57 Å². The largest absolute Gasteiger partial charge is 0.343 e. The van der Waals surface area contributed by atoms with Gasteiger partial charge in [-0.25, -0.2) is 0 Å². The zero-order valence-corrected chi connectivity index (χ0v) is 10.6. The number of carbonyl (C=O) groups is 1. The standard InChI is InChI=1S/C16H17NO/c1-3-7-14(18)8-6-11-17-12-13(2)15-9-4-5-10-16(15)17/h3-6,8-10,12H,1,7,11H2,2H3/b8-6+. The summed E-state index contributed by atoms with van der Waals surface area (Å²) in [6.45, 7) is 6.37. The summed E-state index contributed by atoms with van der Waals surface area (Å²) in [5.41, 5.74) is 2.47. The van der Waals surface area contributed by atoms with E-state index in [9.17, 15) is 4.79 Å². The second kappa shape index (κ2) is 5.50. The van der Waals surface area contributed by atoms with Crippen LogP contribution < -0.4 is 0 Å². The van der Waals surface area contributed by atoms with E-state index < -0.39 is 0 Å². The van der Waals surface area contributed by atoms with Gasteiger partial charge in [-0.2, -0.15) is 0 Å². The average molecular weight is 239 g/mol. The zero-order valence-electron chi connectivity index (χ0n) is 10.6. The van der Waals surface area contributed by atoms with Gasteiger partial charge in [0, 0.05) is 30.1 Å². The van der Waals surface area contributed by atoms with Gasteiger partial charge < -0.3 is 4.57 Å². The van der Waals surface area contributed by atoms with Gasteiger partial charge in [0.15, 0.2) is 5.78 Å². The quantitative estimate of drug-likeness (QED) is 0.576. The van der Waals surface area contributed by atoms with E-state index in [2.05, 4.69) is 36.4 Å². The minimum absolute atomic E-state index is 0.0955. The second-order valence-electron chi connectivity index (χ2n) is 4.34. The predicted octanol–water partition coefficient (Wildman–Crippen LogP) is 3.65. The van der Waals surface area contributed by atoms with Crippen molar-refractivity contribution in [2.45, 2.75) is 19.9 Å². The molecule has 92 valence electrons. The Labute approximate surface area is 107 Å². The van der Waals surface area contributed by atoms with Crippen molar-refractivity contribution in [3.05, 3.63) is 60.8 Å². The molecule has 0 spiro atoms. The highest BCUT2D eigenvalue weighted by Gasteiger charge is 2.02. The lowest BCUT2D eigenvalue weighted by atomic mass is 10.2. The summed E-state index contributed by atoms with van der Waals surface area (Å²) in [6, 6.07) is 8.30. The lowest BCUT2D eigenvalue weighted by molar-refractivity contribution is -0.113. The monoisotopic (exact) mass is 239 g/mol. The van der Waals surface area contributed by atoms with Crippen LogP contribution in [0.25, 0.3) is 10.9 Å². The Balaban J connectivity index is 2.17. The Kier molecular flexibility index (Phi) is 3.78. The van der Waals surface area contributed by atoms with E-state index in [0.29, 0.717) is 6.42 Å². The smallest absolute Gasteiger partial charge is 0.159 e. The lowest BCUT2D eigenvalue weighted by Gasteiger charge is -2.00. The van der Waals surface area contributed by atoms with Gasteiger partial charge >= 0.3 is 0 Å². The summed E-state index contributed by atoms with van der Waals surface area (Å²) < 4.78 is 2.16. The molecule has 1 heterocycles. The SMILES string of the molecule is C=CCC(=O)/C=C/Cn1cc(C)c2ccccc21. The van der Waals surface area contributed by atoms with E-state index in [1.807, 2.05) is 18.2 Å². The molecule has 0 aliphatic carbocycles. The summed E-state index contributed by atoms with van der Waals surface area (Å²) in [7, 11) is 0. The van der Waals surface area contributed by atoms with Gasteiger partial charge in [0.1, 0.15) is 0 Å². The first kappa shape index (κ1) is 12.4. The molecular formula is C16H17NO. The van der Waals surface area contributed by atoms with Crippen LogP contribution in [0.2, 0.25) is 0 Å². The maximum absolute atomic E-state index is 11.3. The Morgan fingerprint density at radius 3 is 2.94 bits per heavy atom. The molecule has 0 radical (unpaired) electrons. The number of carbonyl (C=O) groups excluding carboxylic acids is 1. The molecule has 0 aliphatic heterocycles. The highest BCUT2D eigenvalue weighted by Crippen LogP contribution is 2.20. The molecule has 0 N–H and O–H groups in total. The van der Waals surface area contributed by atoms with Crippen molar-refractivity contribution in [2.24, 2.45) is 0 Å². The molecule has 18 heavy (non-hydrogen) atoms. The van der Waals surface area contributed by atoms with Crippen LogP contribution in [-0.4, -0.2) is 10.4 Å². The Morgan fingerprint density at radius 2 is 2.17 bits per heavy atom. The fraction of sp³-hybridized carbons (Fsp3) is 0.188. The van der Waals surface area contributed by atoms with Gasteiger partial charge in [0.25, 0.3) is 0 Å². The molecule has 1 aromatic carbocycles. The van der Waals surface area contributed by atoms with Gasteiger partial charge in [0.05, 0.1) is 0 Å². The summed E-state index contributed by atoms with van der Waals surface area (Å²) >= 11 is 0.